The van der Waals surface area contributed by atoms with Crippen molar-refractivity contribution >= 4 is 0 Å². The Hall–Kier alpha value is -1.24. The van der Waals surface area contributed by atoms with Crippen LogP contribution in [0.25, 0.3) is 0 Å². The third-order valence-corrected chi connectivity index (χ3v) is 2.07. The van der Waals surface area contributed by atoms with Gasteiger partial charge >= 0.3 is 0 Å². The number of hydrogen-bond acceptors (Lipinski definition) is 1. The van der Waals surface area contributed by atoms with E-state index in [4.69, 9.17) is 0 Å². The maximum atomic E-state index is 3.29. The summed E-state index contributed by atoms with van der Waals surface area (Å²) in [5.74, 6) is 0. The zero-order chi connectivity index (χ0) is 9.68. The molecule has 0 saturated carbocycles. The Labute approximate surface area is 82.0 Å². The monoisotopic (exact) mass is 177 g/mol. The largest absolute Gasteiger partial charge is 0.380 e. The van der Waals surface area contributed by atoms with Crippen LogP contribution in [0.1, 0.15) is 22.2 Å². The summed E-state index contributed by atoms with van der Waals surface area (Å²) in [6.07, 6.45) is 12.6. The van der Waals surface area contributed by atoms with Gasteiger partial charge in [-0.15, -0.1) is 0 Å². The molecule has 0 fully saturated rings. The summed E-state index contributed by atoms with van der Waals surface area (Å²) in [5.41, 5.74) is 2.72. The van der Waals surface area contributed by atoms with Crippen LogP contribution in [0.4, 0.5) is 0 Å². The highest BCUT2D eigenvalue weighted by molar-refractivity contribution is 5.45. The molecule has 13 heavy (non-hydrogen) atoms. The van der Waals surface area contributed by atoms with Crippen LogP contribution >= 0.6 is 0 Å². The minimum atomic E-state index is 0. The highest BCUT2D eigenvalue weighted by Crippen LogP contribution is 2.21. The Morgan fingerprint density at radius 2 is 2.00 bits per heavy atom. The molecule has 1 N–H and O–H groups in total. The quantitative estimate of drug-likeness (QED) is 0.599. The molecule has 0 bridgehead atoms. The average Bonchev–Trinajstić information content (AvgIpc) is 2.44. The Morgan fingerprint density at radius 3 is 2.77 bits per heavy atom. The number of allylic oxidation sites excluding steroid dienone is 4. The summed E-state index contributed by atoms with van der Waals surface area (Å²) in [7, 11) is 0. The minimum absolute atomic E-state index is 0. The molecule has 2 aliphatic rings. The second kappa shape index (κ2) is 4.70. The molecule has 0 aromatic carbocycles. The minimum Gasteiger partial charge on any atom is -0.380 e. The lowest BCUT2D eigenvalue weighted by molar-refractivity contribution is 0.850. The lowest BCUT2D eigenvalue weighted by Crippen LogP contribution is -2.17. The Balaban J connectivity index is 0.000000531. The van der Waals surface area contributed by atoms with Crippen LogP contribution < -0.4 is 5.32 Å². The van der Waals surface area contributed by atoms with Crippen LogP contribution in [0, 0.1) is 0 Å². The van der Waals surface area contributed by atoms with Crippen molar-refractivity contribution in [1.82, 2.24) is 5.32 Å². The van der Waals surface area contributed by atoms with E-state index in [2.05, 4.69) is 48.8 Å². The summed E-state index contributed by atoms with van der Waals surface area (Å²) in [4.78, 5) is 0. The molecule has 72 valence electrons. The molecule has 1 aliphatic carbocycles. The SMILES string of the molecule is CC.CC1=CNC2C=CC=CC=C12.[HH]. The number of fused-ring (bicyclic) bond motifs is 1. The first-order chi connectivity index (χ1) is 6.38. The van der Waals surface area contributed by atoms with Crippen LogP contribution in [0.3, 0.4) is 0 Å². The molecule has 0 aromatic rings. The van der Waals surface area contributed by atoms with Crippen molar-refractivity contribution < 1.29 is 1.43 Å². The lowest BCUT2D eigenvalue weighted by atomic mass is 10.0. The first kappa shape index (κ1) is 9.85. The Kier molecular flexibility index (Phi) is 3.56. The van der Waals surface area contributed by atoms with E-state index in [1.807, 2.05) is 13.8 Å². The summed E-state index contributed by atoms with van der Waals surface area (Å²) in [6.45, 7) is 6.13. The zero-order valence-electron chi connectivity index (χ0n) is 8.54. The van der Waals surface area contributed by atoms with E-state index in [9.17, 15) is 0 Å². The molecular weight excluding hydrogens is 158 g/mol. The Morgan fingerprint density at radius 1 is 1.23 bits per heavy atom. The normalized spacial score (nSPS) is 23.2. The van der Waals surface area contributed by atoms with Gasteiger partial charge in [0.25, 0.3) is 0 Å². The highest BCUT2D eigenvalue weighted by Gasteiger charge is 2.16. The molecule has 2 rings (SSSR count). The smallest absolute Gasteiger partial charge is 0.0698 e. The van der Waals surface area contributed by atoms with E-state index >= 15 is 0 Å². The van der Waals surface area contributed by atoms with Crippen molar-refractivity contribution in [3.63, 3.8) is 0 Å². The fourth-order valence-electron chi connectivity index (χ4n) is 1.43. The predicted molar refractivity (Wildman–Crippen MR) is 60.5 cm³/mol. The van der Waals surface area contributed by atoms with Crippen molar-refractivity contribution in [2.24, 2.45) is 0 Å². The second-order valence-corrected chi connectivity index (χ2v) is 2.86. The molecule has 1 heterocycles. The molecule has 1 aliphatic heterocycles. The van der Waals surface area contributed by atoms with Gasteiger partial charge in [0.2, 0.25) is 0 Å². The maximum absolute atomic E-state index is 3.29. The van der Waals surface area contributed by atoms with Crippen molar-refractivity contribution in [3.8, 4) is 0 Å². The van der Waals surface area contributed by atoms with Crippen LogP contribution in [0.15, 0.2) is 47.7 Å². The summed E-state index contributed by atoms with van der Waals surface area (Å²) >= 11 is 0. The van der Waals surface area contributed by atoms with Crippen LogP contribution in [0.5, 0.6) is 0 Å². The van der Waals surface area contributed by atoms with E-state index in [-0.39, 0.29) is 1.43 Å². The topological polar surface area (TPSA) is 12.0 Å². The lowest BCUT2D eigenvalue weighted by Gasteiger charge is -2.06. The van der Waals surface area contributed by atoms with E-state index < -0.39 is 0 Å². The number of hydrogen-bond donors (Lipinski definition) is 1. The first-order valence-electron chi connectivity index (χ1n) is 4.86. The molecule has 1 unspecified atom stereocenters. The molecule has 1 nitrogen and oxygen atoms in total. The van der Waals surface area contributed by atoms with Gasteiger partial charge in [0.05, 0.1) is 6.04 Å². The maximum Gasteiger partial charge on any atom is 0.0698 e. The van der Waals surface area contributed by atoms with Crippen LogP contribution in [0.2, 0.25) is 0 Å². The molecule has 1 heteroatoms. The molecular formula is C12H19N. The van der Waals surface area contributed by atoms with E-state index in [1.165, 1.54) is 11.1 Å². The van der Waals surface area contributed by atoms with Gasteiger partial charge in [-0.05, 0) is 18.1 Å². The number of nitrogens with one attached hydrogen (secondary N) is 1. The van der Waals surface area contributed by atoms with Gasteiger partial charge in [0.15, 0.2) is 0 Å². The van der Waals surface area contributed by atoms with Gasteiger partial charge < -0.3 is 5.32 Å². The number of rotatable bonds is 0. The van der Waals surface area contributed by atoms with E-state index in [1.54, 1.807) is 0 Å². The predicted octanol–water partition coefficient (Wildman–Crippen LogP) is 3.19. The highest BCUT2D eigenvalue weighted by atomic mass is 14.9. The van der Waals surface area contributed by atoms with Crippen LogP contribution in [-0.4, -0.2) is 6.04 Å². The molecule has 0 amide bonds. The fourth-order valence-corrected chi connectivity index (χ4v) is 1.43. The summed E-state index contributed by atoms with van der Waals surface area (Å²) in [6, 6.07) is 0.407. The molecule has 1 atom stereocenters. The fraction of sp³-hybridized carbons (Fsp3) is 0.333. The third kappa shape index (κ3) is 2.11. The van der Waals surface area contributed by atoms with Gasteiger partial charge in [-0.25, -0.2) is 0 Å². The average molecular weight is 177 g/mol. The van der Waals surface area contributed by atoms with Crippen LogP contribution in [-0.2, 0) is 0 Å². The molecule has 0 aromatic heterocycles. The first-order valence-corrected chi connectivity index (χ1v) is 4.86. The summed E-state index contributed by atoms with van der Waals surface area (Å²) < 4.78 is 0. The third-order valence-electron chi connectivity index (χ3n) is 2.07. The van der Waals surface area contributed by atoms with Gasteiger partial charge in [-0.1, -0.05) is 44.2 Å². The Bertz CT molecular complexity index is 285. The molecule has 0 spiro atoms. The van der Waals surface area contributed by atoms with E-state index in [0.29, 0.717) is 6.04 Å². The second-order valence-electron chi connectivity index (χ2n) is 2.86. The van der Waals surface area contributed by atoms with Gasteiger partial charge in [-0.3, -0.25) is 0 Å². The standard InChI is InChI=1S/C10H11N.C2H6.H2/c1-8-7-11-10-6-4-2-3-5-9(8)10;1-2;/h2-7,10-11H,1H3;1-2H3;1H. The molecule has 0 radical (unpaired) electrons. The summed E-state index contributed by atoms with van der Waals surface area (Å²) in [5, 5.41) is 3.29. The van der Waals surface area contributed by atoms with Gasteiger partial charge in [-0.2, -0.15) is 0 Å². The van der Waals surface area contributed by atoms with Crippen molar-refractivity contribution in [2.45, 2.75) is 26.8 Å². The van der Waals surface area contributed by atoms with Crippen molar-refractivity contribution in [3.05, 3.63) is 47.7 Å². The van der Waals surface area contributed by atoms with Gasteiger partial charge in [0.1, 0.15) is 0 Å². The van der Waals surface area contributed by atoms with Gasteiger partial charge in [0, 0.05) is 7.63 Å². The van der Waals surface area contributed by atoms with Crippen molar-refractivity contribution in [1.29, 1.82) is 0 Å². The molecule has 0 saturated heterocycles. The zero-order valence-corrected chi connectivity index (χ0v) is 8.54. The van der Waals surface area contributed by atoms with E-state index in [0.717, 1.165) is 0 Å². The van der Waals surface area contributed by atoms with Crippen molar-refractivity contribution in [2.75, 3.05) is 0 Å².